The van der Waals surface area contributed by atoms with E-state index in [0.29, 0.717) is 24.1 Å². The van der Waals surface area contributed by atoms with Crippen LogP contribution in [0.3, 0.4) is 0 Å². The summed E-state index contributed by atoms with van der Waals surface area (Å²) in [6, 6.07) is 12.6. The highest BCUT2D eigenvalue weighted by Gasteiger charge is 2.21. The van der Waals surface area contributed by atoms with Crippen LogP contribution in [0.1, 0.15) is 39.3 Å². The minimum atomic E-state index is -0.513. The van der Waals surface area contributed by atoms with Crippen LogP contribution in [-0.4, -0.2) is 16.4 Å². The first kappa shape index (κ1) is 18.9. The molecule has 0 fully saturated rings. The third-order valence-electron chi connectivity index (χ3n) is 5.37. The fourth-order valence-electron chi connectivity index (χ4n) is 3.86. The van der Waals surface area contributed by atoms with Crippen molar-refractivity contribution in [1.29, 1.82) is 0 Å². The number of fused-ring (bicyclic) bond motifs is 1. The second kappa shape index (κ2) is 7.20. The highest BCUT2D eigenvalue weighted by molar-refractivity contribution is 6.06. The summed E-state index contributed by atoms with van der Waals surface area (Å²) in [6.07, 6.45) is 0.826. The molecule has 148 valence electrons. The minimum absolute atomic E-state index is 0.0524. The number of carbonyl (C=O) groups is 2. The quantitative estimate of drug-likeness (QED) is 0.681. The Morgan fingerprint density at radius 2 is 1.86 bits per heavy atom. The summed E-state index contributed by atoms with van der Waals surface area (Å²) in [4.78, 5) is 24.5. The zero-order chi connectivity index (χ0) is 20.7. The van der Waals surface area contributed by atoms with Crippen molar-refractivity contribution < 1.29 is 14.0 Å². The fraction of sp³-hybridized carbons (Fsp3) is 0.217. The molecule has 0 bridgehead atoms. The Labute approximate surface area is 168 Å². The molecule has 3 aromatic rings. The van der Waals surface area contributed by atoms with E-state index >= 15 is 0 Å². The molecule has 29 heavy (non-hydrogen) atoms. The molecule has 0 saturated carbocycles. The number of nitrogens with one attached hydrogen (secondary N) is 2. The second-order valence-corrected chi connectivity index (χ2v) is 7.40. The lowest BCUT2D eigenvalue weighted by molar-refractivity contribution is -0.116. The lowest BCUT2D eigenvalue weighted by Crippen LogP contribution is -2.20. The molecule has 0 atom stereocenters. The zero-order valence-corrected chi connectivity index (χ0v) is 16.6. The Kier molecular flexibility index (Phi) is 4.70. The van der Waals surface area contributed by atoms with E-state index in [4.69, 9.17) is 0 Å². The predicted octanol–water partition coefficient (Wildman–Crippen LogP) is 4.68. The van der Waals surface area contributed by atoms with Crippen molar-refractivity contribution in [2.45, 2.75) is 33.6 Å². The van der Waals surface area contributed by atoms with Crippen LogP contribution < -0.4 is 10.6 Å². The van der Waals surface area contributed by atoms with Crippen molar-refractivity contribution in [3.63, 3.8) is 0 Å². The van der Waals surface area contributed by atoms with Gasteiger partial charge in [-0.05, 0) is 62.6 Å². The van der Waals surface area contributed by atoms with E-state index in [9.17, 15) is 14.0 Å². The lowest BCUT2D eigenvalue weighted by atomic mass is 10.0. The summed E-state index contributed by atoms with van der Waals surface area (Å²) < 4.78 is 16.5. The standard InChI is InChI=1S/C23H22FN3O2/c1-13-6-4-5-7-21(13)27-14(2)10-17(15(27)3)23(29)26-20-12-19-16(11-18(20)24)8-9-22(28)25-19/h4-7,10-12H,8-9H2,1-3H3,(H,25,28)(H,26,29). The maximum atomic E-state index is 14.5. The Bertz CT molecular complexity index is 1150. The molecule has 6 heteroatoms. The monoisotopic (exact) mass is 391 g/mol. The van der Waals surface area contributed by atoms with E-state index in [2.05, 4.69) is 10.6 Å². The molecular formula is C23H22FN3O2. The highest BCUT2D eigenvalue weighted by atomic mass is 19.1. The molecule has 1 aliphatic heterocycles. The molecule has 5 nitrogen and oxygen atoms in total. The smallest absolute Gasteiger partial charge is 0.257 e. The van der Waals surface area contributed by atoms with Gasteiger partial charge in [0.05, 0.1) is 11.3 Å². The normalized spacial score (nSPS) is 13.0. The van der Waals surface area contributed by atoms with Crippen molar-refractivity contribution in [3.05, 3.63) is 76.4 Å². The summed E-state index contributed by atoms with van der Waals surface area (Å²) in [7, 11) is 0. The van der Waals surface area contributed by atoms with E-state index in [1.807, 2.05) is 49.6 Å². The van der Waals surface area contributed by atoms with Crippen LogP contribution in [0.5, 0.6) is 0 Å². The number of anilines is 2. The third-order valence-corrected chi connectivity index (χ3v) is 5.37. The van der Waals surface area contributed by atoms with Crippen LogP contribution in [0.4, 0.5) is 15.8 Å². The molecule has 1 aliphatic rings. The number of aryl methyl sites for hydroxylation is 3. The van der Waals surface area contributed by atoms with Crippen LogP contribution in [-0.2, 0) is 11.2 Å². The second-order valence-electron chi connectivity index (χ2n) is 7.40. The average Bonchev–Trinajstić information content (AvgIpc) is 2.97. The largest absolute Gasteiger partial charge is 0.326 e. The number of carbonyl (C=O) groups excluding carboxylic acids is 2. The van der Waals surface area contributed by atoms with E-state index in [1.165, 1.54) is 12.1 Å². The Balaban J connectivity index is 1.67. The maximum absolute atomic E-state index is 14.5. The molecule has 0 aliphatic carbocycles. The summed E-state index contributed by atoms with van der Waals surface area (Å²) in [5, 5.41) is 5.39. The number of para-hydroxylation sites is 1. The number of aromatic nitrogens is 1. The molecule has 0 unspecified atom stereocenters. The van der Waals surface area contributed by atoms with Gasteiger partial charge in [0.25, 0.3) is 5.91 Å². The lowest BCUT2D eigenvalue weighted by Gasteiger charge is -2.18. The third kappa shape index (κ3) is 3.42. The maximum Gasteiger partial charge on any atom is 0.257 e. The Hall–Kier alpha value is -3.41. The number of hydrogen-bond acceptors (Lipinski definition) is 2. The van der Waals surface area contributed by atoms with Gasteiger partial charge in [0.2, 0.25) is 5.91 Å². The van der Waals surface area contributed by atoms with Crippen molar-refractivity contribution in [2.24, 2.45) is 0 Å². The Morgan fingerprint density at radius 1 is 1.10 bits per heavy atom. The summed E-state index contributed by atoms with van der Waals surface area (Å²) in [5.74, 6) is -1.01. The van der Waals surface area contributed by atoms with Crippen LogP contribution in [0.15, 0.2) is 42.5 Å². The number of rotatable bonds is 3. The molecule has 2 amide bonds. The predicted molar refractivity (Wildman–Crippen MR) is 111 cm³/mol. The van der Waals surface area contributed by atoms with Gasteiger partial charge in [-0.15, -0.1) is 0 Å². The van der Waals surface area contributed by atoms with Gasteiger partial charge >= 0.3 is 0 Å². The molecule has 2 aromatic carbocycles. The first-order valence-electron chi connectivity index (χ1n) is 9.53. The van der Waals surface area contributed by atoms with Crippen LogP contribution in [0, 0.1) is 26.6 Å². The van der Waals surface area contributed by atoms with E-state index < -0.39 is 5.82 Å². The van der Waals surface area contributed by atoms with Crippen LogP contribution >= 0.6 is 0 Å². The van der Waals surface area contributed by atoms with Crippen LogP contribution in [0.25, 0.3) is 5.69 Å². The number of benzene rings is 2. The molecule has 2 heterocycles. The average molecular weight is 391 g/mol. The van der Waals surface area contributed by atoms with Gasteiger partial charge in [0.1, 0.15) is 5.82 Å². The molecule has 1 aromatic heterocycles. The fourth-order valence-corrected chi connectivity index (χ4v) is 3.86. The number of hydrogen-bond donors (Lipinski definition) is 2. The van der Waals surface area contributed by atoms with Gasteiger partial charge < -0.3 is 15.2 Å². The molecule has 0 saturated heterocycles. The summed E-state index contributed by atoms with van der Waals surface area (Å²) in [5.41, 5.74) is 5.60. The van der Waals surface area contributed by atoms with Gasteiger partial charge in [-0.1, -0.05) is 18.2 Å². The molecule has 0 spiro atoms. The minimum Gasteiger partial charge on any atom is -0.326 e. The first-order valence-corrected chi connectivity index (χ1v) is 9.53. The van der Waals surface area contributed by atoms with Crippen LogP contribution in [0.2, 0.25) is 0 Å². The Morgan fingerprint density at radius 3 is 2.62 bits per heavy atom. The number of halogens is 1. The number of amides is 2. The molecule has 2 N–H and O–H groups in total. The molecule has 0 radical (unpaired) electrons. The first-order chi connectivity index (χ1) is 13.8. The van der Waals surface area contributed by atoms with Gasteiger partial charge in [-0.2, -0.15) is 0 Å². The van der Waals surface area contributed by atoms with E-state index in [0.717, 1.165) is 28.2 Å². The SMILES string of the molecule is Cc1ccccc1-n1c(C)cc(C(=O)Nc2cc3c(cc2F)CCC(=O)N3)c1C. The van der Waals surface area contributed by atoms with Crippen molar-refractivity contribution >= 4 is 23.2 Å². The van der Waals surface area contributed by atoms with Gasteiger partial charge in [0.15, 0.2) is 0 Å². The topological polar surface area (TPSA) is 63.1 Å². The van der Waals surface area contributed by atoms with Crippen molar-refractivity contribution in [3.8, 4) is 5.69 Å². The van der Waals surface area contributed by atoms with Gasteiger partial charge in [0, 0.05) is 29.2 Å². The van der Waals surface area contributed by atoms with Crippen molar-refractivity contribution in [2.75, 3.05) is 10.6 Å². The van der Waals surface area contributed by atoms with E-state index in [-0.39, 0.29) is 17.5 Å². The van der Waals surface area contributed by atoms with E-state index in [1.54, 1.807) is 6.07 Å². The highest BCUT2D eigenvalue weighted by Crippen LogP contribution is 2.30. The number of nitrogens with zero attached hydrogens (tertiary/aromatic N) is 1. The van der Waals surface area contributed by atoms with Crippen molar-refractivity contribution in [1.82, 2.24) is 4.57 Å². The van der Waals surface area contributed by atoms with Gasteiger partial charge in [-0.3, -0.25) is 9.59 Å². The molecular weight excluding hydrogens is 369 g/mol. The van der Waals surface area contributed by atoms with Gasteiger partial charge in [-0.25, -0.2) is 4.39 Å². The summed E-state index contributed by atoms with van der Waals surface area (Å²) in [6.45, 7) is 5.83. The summed E-state index contributed by atoms with van der Waals surface area (Å²) >= 11 is 0. The molecule has 4 rings (SSSR count). The zero-order valence-electron chi connectivity index (χ0n) is 16.6.